The van der Waals surface area contributed by atoms with E-state index >= 15 is 0 Å². The minimum Gasteiger partial charge on any atom is -0.325 e. The Balaban J connectivity index is 1.72. The van der Waals surface area contributed by atoms with E-state index in [4.69, 9.17) is 0 Å². The van der Waals surface area contributed by atoms with Gasteiger partial charge in [0, 0.05) is 12.2 Å². The van der Waals surface area contributed by atoms with Gasteiger partial charge in [-0.15, -0.1) is 21.5 Å². The maximum Gasteiger partial charge on any atom is 0.237 e. The highest BCUT2D eigenvalue weighted by molar-refractivity contribution is 8.00. The van der Waals surface area contributed by atoms with Crippen LogP contribution in [-0.4, -0.2) is 25.9 Å². The van der Waals surface area contributed by atoms with Crippen molar-refractivity contribution in [1.82, 2.24) is 14.8 Å². The summed E-state index contributed by atoms with van der Waals surface area (Å²) in [6.45, 7) is 4.52. The van der Waals surface area contributed by atoms with Crippen LogP contribution >= 0.6 is 23.1 Å². The molecule has 0 aliphatic heterocycles. The summed E-state index contributed by atoms with van der Waals surface area (Å²) in [7, 11) is 0. The molecule has 3 rings (SSSR count). The van der Waals surface area contributed by atoms with Gasteiger partial charge in [-0.05, 0) is 43.5 Å². The first-order valence-corrected chi connectivity index (χ1v) is 9.54. The SMILES string of the molecule is CCn1c(SC(C)C(=O)Nc2cccc(F)c2)nnc1-c1cccs1. The second kappa shape index (κ2) is 7.79. The smallest absolute Gasteiger partial charge is 0.237 e. The number of carbonyl (C=O) groups is 1. The molecular formula is C17H17FN4OS2. The Morgan fingerprint density at radius 3 is 2.88 bits per heavy atom. The molecule has 1 unspecified atom stereocenters. The molecule has 1 atom stereocenters. The zero-order chi connectivity index (χ0) is 17.8. The maximum atomic E-state index is 13.2. The highest BCUT2D eigenvalue weighted by Crippen LogP contribution is 2.29. The number of nitrogens with one attached hydrogen (secondary N) is 1. The van der Waals surface area contributed by atoms with Crippen LogP contribution in [0.25, 0.3) is 10.7 Å². The topological polar surface area (TPSA) is 59.8 Å². The van der Waals surface area contributed by atoms with Crippen LogP contribution in [0.3, 0.4) is 0 Å². The second-order valence-electron chi connectivity index (χ2n) is 5.29. The lowest BCUT2D eigenvalue weighted by molar-refractivity contribution is -0.115. The van der Waals surface area contributed by atoms with Crippen molar-refractivity contribution >= 4 is 34.7 Å². The van der Waals surface area contributed by atoms with Crippen LogP contribution in [0.2, 0.25) is 0 Å². The molecule has 0 aliphatic rings. The molecule has 130 valence electrons. The van der Waals surface area contributed by atoms with Gasteiger partial charge in [-0.2, -0.15) is 0 Å². The molecule has 0 radical (unpaired) electrons. The third-order valence-corrected chi connectivity index (χ3v) is 5.46. The summed E-state index contributed by atoms with van der Waals surface area (Å²) in [4.78, 5) is 13.4. The van der Waals surface area contributed by atoms with E-state index in [0.717, 1.165) is 10.7 Å². The number of halogens is 1. The first-order chi connectivity index (χ1) is 12.1. The molecule has 8 heteroatoms. The van der Waals surface area contributed by atoms with E-state index in [2.05, 4.69) is 15.5 Å². The number of hydrogen-bond donors (Lipinski definition) is 1. The number of rotatable bonds is 6. The average molecular weight is 376 g/mol. The van der Waals surface area contributed by atoms with E-state index in [0.29, 0.717) is 17.4 Å². The van der Waals surface area contributed by atoms with Gasteiger partial charge in [-0.25, -0.2) is 4.39 Å². The third-order valence-electron chi connectivity index (χ3n) is 3.52. The van der Waals surface area contributed by atoms with Gasteiger partial charge in [-0.3, -0.25) is 4.79 Å². The standard InChI is InChI=1S/C17H17FN4OS2/c1-3-22-15(14-8-5-9-24-14)20-21-17(22)25-11(2)16(23)19-13-7-4-6-12(18)10-13/h4-11H,3H2,1-2H3,(H,19,23). The van der Waals surface area contributed by atoms with Gasteiger partial charge in [0.15, 0.2) is 11.0 Å². The van der Waals surface area contributed by atoms with Crippen LogP contribution in [0, 0.1) is 5.82 Å². The van der Waals surface area contributed by atoms with Crippen LogP contribution in [0.5, 0.6) is 0 Å². The Labute approximate surface area is 153 Å². The minimum atomic E-state index is -0.394. The summed E-state index contributed by atoms with van der Waals surface area (Å²) in [5.74, 6) is 0.209. The Morgan fingerprint density at radius 2 is 2.20 bits per heavy atom. The largest absolute Gasteiger partial charge is 0.325 e. The van der Waals surface area contributed by atoms with Crippen LogP contribution in [0.4, 0.5) is 10.1 Å². The number of nitrogens with zero attached hydrogens (tertiary/aromatic N) is 3. The molecule has 1 amide bonds. The molecule has 0 spiro atoms. The fourth-order valence-electron chi connectivity index (χ4n) is 2.27. The van der Waals surface area contributed by atoms with Gasteiger partial charge in [0.2, 0.25) is 5.91 Å². The molecule has 25 heavy (non-hydrogen) atoms. The lowest BCUT2D eigenvalue weighted by Gasteiger charge is -2.12. The molecule has 2 aromatic heterocycles. The van der Waals surface area contributed by atoms with Crippen molar-refractivity contribution in [3.63, 3.8) is 0 Å². The minimum absolute atomic E-state index is 0.209. The molecule has 0 fully saturated rings. The zero-order valence-corrected chi connectivity index (χ0v) is 15.4. The number of anilines is 1. The Kier molecular flexibility index (Phi) is 5.50. The van der Waals surface area contributed by atoms with E-state index in [1.165, 1.54) is 23.9 Å². The lowest BCUT2D eigenvalue weighted by atomic mass is 10.3. The average Bonchev–Trinajstić information content (AvgIpc) is 3.23. The first-order valence-electron chi connectivity index (χ1n) is 7.78. The Bertz CT molecular complexity index is 863. The number of thiophene rings is 1. The maximum absolute atomic E-state index is 13.2. The van der Waals surface area contributed by atoms with Gasteiger partial charge in [0.1, 0.15) is 5.82 Å². The summed E-state index contributed by atoms with van der Waals surface area (Å²) in [5, 5.41) is 13.5. The summed E-state index contributed by atoms with van der Waals surface area (Å²) in [6, 6.07) is 9.81. The highest BCUT2D eigenvalue weighted by atomic mass is 32.2. The summed E-state index contributed by atoms with van der Waals surface area (Å²) >= 11 is 2.93. The number of hydrogen-bond acceptors (Lipinski definition) is 5. The summed E-state index contributed by atoms with van der Waals surface area (Å²) in [5.41, 5.74) is 0.439. The van der Waals surface area contributed by atoms with Gasteiger partial charge >= 0.3 is 0 Å². The summed E-state index contributed by atoms with van der Waals surface area (Å²) < 4.78 is 15.2. The van der Waals surface area contributed by atoms with Crippen LogP contribution in [-0.2, 0) is 11.3 Å². The van der Waals surface area contributed by atoms with Crippen molar-refractivity contribution in [1.29, 1.82) is 0 Å². The van der Waals surface area contributed by atoms with Crippen LogP contribution < -0.4 is 5.32 Å². The normalized spacial score (nSPS) is 12.1. The van der Waals surface area contributed by atoms with Crippen molar-refractivity contribution in [2.45, 2.75) is 30.8 Å². The van der Waals surface area contributed by atoms with Crippen LogP contribution in [0.1, 0.15) is 13.8 Å². The number of aromatic nitrogens is 3. The van der Waals surface area contributed by atoms with Crippen molar-refractivity contribution in [2.75, 3.05) is 5.32 Å². The zero-order valence-electron chi connectivity index (χ0n) is 13.8. The molecule has 0 saturated heterocycles. The fourth-order valence-corrected chi connectivity index (χ4v) is 3.90. The fraction of sp³-hybridized carbons (Fsp3) is 0.235. The van der Waals surface area contributed by atoms with E-state index in [-0.39, 0.29) is 11.7 Å². The van der Waals surface area contributed by atoms with E-state index in [9.17, 15) is 9.18 Å². The molecule has 1 aromatic carbocycles. The molecule has 0 saturated carbocycles. The molecule has 2 heterocycles. The Morgan fingerprint density at radius 1 is 1.36 bits per heavy atom. The van der Waals surface area contributed by atoms with Crippen molar-refractivity contribution < 1.29 is 9.18 Å². The van der Waals surface area contributed by atoms with Gasteiger partial charge in [-0.1, -0.05) is 23.9 Å². The summed E-state index contributed by atoms with van der Waals surface area (Å²) in [6.07, 6.45) is 0. The molecule has 0 bridgehead atoms. The van der Waals surface area contributed by atoms with E-state index in [1.807, 2.05) is 29.0 Å². The van der Waals surface area contributed by atoms with Crippen LogP contribution in [0.15, 0.2) is 46.9 Å². The highest BCUT2D eigenvalue weighted by Gasteiger charge is 2.20. The van der Waals surface area contributed by atoms with Crippen molar-refractivity contribution in [3.8, 4) is 10.7 Å². The predicted octanol–water partition coefficient (Wildman–Crippen LogP) is 4.28. The van der Waals surface area contributed by atoms with Crippen molar-refractivity contribution in [3.05, 3.63) is 47.6 Å². The monoisotopic (exact) mass is 376 g/mol. The van der Waals surface area contributed by atoms with Gasteiger partial charge < -0.3 is 9.88 Å². The number of benzene rings is 1. The third kappa shape index (κ3) is 4.08. The van der Waals surface area contributed by atoms with Gasteiger partial charge in [0.05, 0.1) is 10.1 Å². The number of carbonyl (C=O) groups excluding carboxylic acids is 1. The lowest BCUT2D eigenvalue weighted by Crippen LogP contribution is -2.23. The molecule has 0 aliphatic carbocycles. The molecule has 1 N–H and O–H groups in total. The predicted molar refractivity (Wildman–Crippen MR) is 99.4 cm³/mol. The van der Waals surface area contributed by atoms with E-state index < -0.39 is 5.25 Å². The van der Waals surface area contributed by atoms with E-state index in [1.54, 1.807) is 30.4 Å². The second-order valence-corrected chi connectivity index (χ2v) is 7.54. The van der Waals surface area contributed by atoms with Gasteiger partial charge in [0.25, 0.3) is 0 Å². The number of thioether (sulfide) groups is 1. The quantitative estimate of drug-likeness (QED) is 0.652. The molecule has 5 nitrogen and oxygen atoms in total. The van der Waals surface area contributed by atoms with Crippen molar-refractivity contribution in [2.24, 2.45) is 0 Å². The Hall–Kier alpha value is -2.19. The number of amides is 1. The first kappa shape index (κ1) is 17.6. The molecule has 3 aromatic rings. The molecular weight excluding hydrogens is 359 g/mol.